The van der Waals surface area contributed by atoms with Crippen LogP contribution in [-0.2, 0) is 13.0 Å². The van der Waals surface area contributed by atoms with Crippen molar-refractivity contribution in [3.05, 3.63) is 60.0 Å². The number of aliphatic hydroxyl groups excluding tert-OH is 1. The van der Waals surface area contributed by atoms with Crippen molar-refractivity contribution >= 4 is 17.1 Å². The molecule has 2 aliphatic heterocycles. The zero-order chi connectivity index (χ0) is 22.1. The Morgan fingerprint density at radius 2 is 2.03 bits per heavy atom. The van der Waals surface area contributed by atoms with E-state index in [9.17, 15) is 9.90 Å². The van der Waals surface area contributed by atoms with Crippen molar-refractivity contribution in [2.45, 2.75) is 38.3 Å². The number of carbonyl (C=O) groups is 1. The molecule has 32 heavy (non-hydrogen) atoms. The van der Waals surface area contributed by atoms with Gasteiger partial charge in [0.1, 0.15) is 5.52 Å². The van der Waals surface area contributed by atoms with Gasteiger partial charge in [0.15, 0.2) is 5.65 Å². The molecule has 2 saturated heterocycles. The van der Waals surface area contributed by atoms with Gasteiger partial charge >= 0.3 is 0 Å². The Kier molecular flexibility index (Phi) is 5.69. The molecule has 0 aliphatic carbocycles. The van der Waals surface area contributed by atoms with Crippen molar-refractivity contribution in [1.29, 1.82) is 0 Å². The van der Waals surface area contributed by atoms with Crippen LogP contribution in [0.2, 0.25) is 0 Å². The Balaban J connectivity index is 1.31. The van der Waals surface area contributed by atoms with Crippen LogP contribution in [0.15, 0.2) is 48.9 Å². The van der Waals surface area contributed by atoms with E-state index in [1.54, 1.807) is 6.20 Å². The summed E-state index contributed by atoms with van der Waals surface area (Å²) in [7, 11) is 2.11. The number of piperidine rings is 2. The lowest BCUT2D eigenvalue weighted by Crippen LogP contribution is -2.62. The summed E-state index contributed by atoms with van der Waals surface area (Å²) in [5.41, 5.74) is 3.34. The molecule has 0 bridgehead atoms. The fourth-order valence-corrected chi connectivity index (χ4v) is 5.51. The van der Waals surface area contributed by atoms with Crippen LogP contribution in [0.5, 0.6) is 0 Å². The Morgan fingerprint density at radius 1 is 1.19 bits per heavy atom. The van der Waals surface area contributed by atoms with Crippen molar-refractivity contribution in [3.63, 3.8) is 0 Å². The highest BCUT2D eigenvalue weighted by atomic mass is 16.3. The molecular weight excluding hydrogens is 402 g/mol. The topological polar surface area (TPSA) is 74.5 Å². The van der Waals surface area contributed by atoms with Crippen LogP contribution >= 0.6 is 0 Å². The van der Waals surface area contributed by atoms with Gasteiger partial charge in [-0.3, -0.25) is 4.79 Å². The van der Waals surface area contributed by atoms with E-state index in [-0.39, 0.29) is 24.0 Å². The number of nitrogens with zero attached hydrogens (tertiary/aromatic N) is 5. The van der Waals surface area contributed by atoms with E-state index in [2.05, 4.69) is 34.0 Å². The molecule has 168 valence electrons. The largest absolute Gasteiger partial charge is 0.396 e. The third kappa shape index (κ3) is 3.80. The second-order valence-electron chi connectivity index (χ2n) is 9.36. The summed E-state index contributed by atoms with van der Waals surface area (Å²) in [6.45, 7) is 3.33. The highest BCUT2D eigenvalue weighted by molar-refractivity contribution is 5.96. The predicted molar refractivity (Wildman–Crippen MR) is 123 cm³/mol. The summed E-state index contributed by atoms with van der Waals surface area (Å²) < 4.78 is 2.05. The van der Waals surface area contributed by atoms with Crippen LogP contribution < -0.4 is 0 Å². The third-order valence-electron chi connectivity index (χ3n) is 7.49. The van der Waals surface area contributed by atoms with E-state index >= 15 is 0 Å². The first-order valence-corrected chi connectivity index (χ1v) is 11.5. The maximum absolute atomic E-state index is 13.3. The minimum atomic E-state index is -0.0798. The molecule has 3 aromatic rings. The molecule has 0 spiro atoms. The van der Waals surface area contributed by atoms with Crippen molar-refractivity contribution in [3.8, 4) is 0 Å². The van der Waals surface area contributed by atoms with Gasteiger partial charge in [0.25, 0.3) is 5.91 Å². The van der Waals surface area contributed by atoms with E-state index < -0.39 is 0 Å². The zero-order valence-corrected chi connectivity index (χ0v) is 18.7. The van der Waals surface area contributed by atoms with Crippen LogP contribution in [0, 0.1) is 5.41 Å². The molecule has 7 heteroatoms. The molecule has 7 nitrogen and oxygen atoms in total. The summed E-state index contributed by atoms with van der Waals surface area (Å²) >= 11 is 0. The van der Waals surface area contributed by atoms with Gasteiger partial charge in [-0.25, -0.2) is 9.97 Å². The zero-order valence-electron chi connectivity index (χ0n) is 18.7. The first kappa shape index (κ1) is 21.1. The fraction of sp³-hybridized carbons (Fsp3) is 0.480. The molecule has 0 saturated carbocycles. The Morgan fingerprint density at radius 3 is 2.84 bits per heavy atom. The second-order valence-corrected chi connectivity index (χ2v) is 9.36. The summed E-state index contributed by atoms with van der Waals surface area (Å²) in [4.78, 5) is 26.7. The molecular formula is C25H31N5O2. The molecule has 2 aliphatic rings. The number of likely N-dealkylation sites (tertiary alicyclic amines) is 2. The molecule has 4 heterocycles. The van der Waals surface area contributed by atoms with Gasteiger partial charge in [-0.15, -0.1) is 0 Å². The lowest BCUT2D eigenvalue weighted by atomic mass is 9.69. The van der Waals surface area contributed by atoms with Gasteiger partial charge in [0.05, 0.1) is 18.5 Å². The number of hydrogen-bond donors (Lipinski definition) is 1. The van der Waals surface area contributed by atoms with Crippen molar-refractivity contribution in [1.82, 2.24) is 24.3 Å². The second kappa shape index (κ2) is 8.64. The number of likely N-dealkylation sites (N-methyl/N-ethyl adjacent to an activating group) is 1. The lowest BCUT2D eigenvalue weighted by molar-refractivity contribution is -0.0601. The average molecular weight is 434 g/mol. The molecule has 2 fully saturated rings. The molecule has 0 radical (unpaired) electrons. The fourth-order valence-electron chi connectivity index (χ4n) is 5.51. The number of amides is 1. The smallest absolute Gasteiger partial charge is 0.255 e. The van der Waals surface area contributed by atoms with Gasteiger partial charge in [0, 0.05) is 37.3 Å². The van der Waals surface area contributed by atoms with Crippen molar-refractivity contribution < 1.29 is 9.90 Å². The van der Waals surface area contributed by atoms with Crippen LogP contribution in [-0.4, -0.2) is 74.7 Å². The molecule has 1 aromatic carbocycles. The number of aryl methyl sites for hydroxylation is 2. The number of aliphatic hydroxyl groups is 1. The number of aromatic nitrogens is 3. The first-order valence-electron chi connectivity index (χ1n) is 11.5. The molecule has 0 unspecified atom stereocenters. The van der Waals surface area contributed by atoms with Crippen LogP contribution in [0.25, 0.3) is 11.2 Å². The monoisotopic (exact) mass is 433 g/mol. The van der Waals surface area contributed by atoms with Crippen molar-refractivity contribution in [2.24, 2.45) is 5.41 Å². The SMILES string of the molecule is CN1CCC[C@]2(CO)CCN(C(=O)c3cnc4c(c3)ncn4CCc3ccccc3)C[C@@H]12. The quantitative estimate of drug-likeness (QED) is 0.670. The first-order chi connectivity index (χ1) is 15.6. The molecule has 2 atom stereocenters. The maximum atomic E-state index is 13.3. The number of hydrogen-bond acceptors (Lipinski definition) is 5. The number of benzene rings is 1. The maximum Gasteiger partial charge on any atom is 0.255 e. The highest BCUT2D eigenvalue weighted by Gasteiger charge is 2.47. The minimum Gasteiger partial charge on any atom is -0.396 e. The van der Waals surface area contributed by atoms with Gasteiger partial charge < -0.3 is 19.5 Å². The van der Waals surface area contributed by atoms with E-state index in [4.69, 9.17) is 0 Å². The normalized spacial score (nSPS) is 23.9. The van der Waals surface area contributed by atoms with Crippen LogP contribution in [0.4, 0.5) is 0 Å². The number of rotatable bonds is 5. The Hall–Kier alpha value is -2.77. The summed E-state index contributed by atoms with van der Waals surface area (Å²) in [5.74, 6) is 0.00347. The van der Waals surface area contributed by atoms with Gasteiger partial charge in [0.2, 0.25) is 0 Å². The van der Waals surface area contributed by atoms with Gasteiger partial charge in [-0.05, 0) is 50.9 Å². The molecule has 1 amide bonds. The molecule has 5 rings (SSSR count). The third-order valence-corrected chi connectivity index (χ3v) is 7.49. The van der Waals surface area contributed by atoms with E-state index in [0.717, 1.165) is 49.9 Å². The summed E-state index contributed by atoms with van der Waals surface area (Å²) in [6, 6.07) is 12.4. The van der Waals surface area contributed by atoms with Gasteiger partial charge in [-0.1, -0.05) is 30.3 Å². The summed E-state index contributed by atoms with van der Waals surface area (Å²) in [5, 5.41) is 10.1. The van der Waals surface area contributed by atoms with E-state index in [1.807, 2.05) is 40.1 Å². The number of pyridine rings is 1. The Bertz CT molecular complexity index is 1100. The average Bonchev–Trinajstić information content (AvgIpc) is 3.25. The predicted octanol–water partition coefficient (Wildman–Crippen LogP) is 2.59. The standard InChI is InChI=1S/C25H31N5O2/c1-28-11-5-9-25(17-31)10-13-29(16-22(25)28)24(32)20-14-21-23(26-15-20)30(18-27-21)12-8-19-6-3-2-4-7-19/h2-4,6-7,14-15,18,22,31H,5,8-13,16-17H2,1H3/t22-,25-/m1/s1. The van der Waals surface area contributed by atoms with E-state index in [0.29, 0.717) is 18.7 Å². The van der Waals surface area contributed by atoms with Crippen LogP contribution in [0.1, 0.15) is 35.2 Å². The highest BCUT2D eigenvalue weighted by Crippen LogP contribution is 2.41. The number of imidazole rings is 1. The number of carbonyl (C=O) groups excluding carboxylic acids is 1. The number of fused-ring (bicyclic) bond motifs is 2. The van der Waals surface area contributed by atoms with Crippen molar-refractivity contribution in [2.75, 3.05) is 33.3 Å². The minimum absolute atomic E-state index is 0.00347. The molecule has 2 aromatic heterocycles. The Labute approximate surface area is 188 Å². The van der Waals surface area contributed by atoms with Gasteiger partial charge in [-0.2, -0.15) is 0 Å². The molecule has 1 N–H and O–H groups in total. The van der Waals surface area contributed by atoms with E-state index in [1.165, 1.54) is 5.56 Å². The lowest BCUT2D eigenvalue weighted by Gasteiger charge is -2.53. The van der Waals surface area contributed by atoms with Crippen LogP contribution in [0.3, 0.4) is 0 Å². The summed E-state index contributed by atoms with van der Waals surface area (Å²) in [6.07, 6.45) is 7.38.